The largest absolute Gasteiger partial charge is 0.359 e. The third-order valence-corrected chi connectivity index (χ3v) is 3.04. The summed E-state index contributed by atoms with van der Waals surface area (Å²) >= 11 is 0. The van der Waals surface area contributed by atoms with Gasteiger partial charge in [0, 0.05) is 39.8 Å². The third kappa shape index (κ3) is 6.02. The highest BCUT2D eigenvalue weighted by Gasteiger charge is 2.05. The lowest BCUT2D eigenvalue weighted by Gasteiger charge is -2.18. The topological polar surface area (TPSA) is 57.3 Å². The zero-order chi connectivity index (χ0) is 15.0. The van der Waals surface area contributed by atoms with Gasteiger partial charge in [-0.2, -0.15) is 0 Å². The monoisotopic (exact) mass is 278 g/mol. The first-order valence-electron chi connectivity index (χ1n) is 7.10. The van der Waals surface area contributed by atoms with E-state index in [1.54, 1.807) is 7.05 Å². The number of amides is 1. The maximum atomic E-state index is 11.2. The van der Waals surface area contributed by atoms with Crippen molar-refractivity contribution in [2.45, 2.75) is 26.8 Å². The second kappa shape index (κ2) is 8.53. The summed E-state index contributed by atoms with van der Waals surface area (Å²) in [6.45, 7) is 6.89. The van der Waals surface area contributed by atoms with Gasteiger partial charge >= 0.3 is 0 Å². The fraction of sp³-hybridized carbons (Fsp3) is 0.600. The predicted molar refractivity (Wildman–Crippen MR) is 82.7 cm³/mol. The number of hydrogen-bond donors (Lipinski definition) is 2. The van der Waals surface area contributed by atoms with E-state index in [4.69, 9.17) is 0 Å². The molecule has 1 aromatic rings. The number of carbonyl (C=O) groups is 1. The van der Waals surface area contributed by atoms with Gasteiger partial charge in [0.05, 0.1) is 0 Å². The van der Waals surface area contributed by atoms with Crippen molar-refractivity contribution in [1.29, 1.82) is 0 Å². The second-order valence-corrected chi connectivity index (χ2v) is 5.39. The molecule has 0 unspecified atom stereocenters. The highest BCUT2D eigenvalue weighted by molar-refractivity contribution is 5.76. The van der Waals surface area contributed by atoms with Crippen LogP contribution in [0.5, 0.6) is 0 Å². The van der Waals surface area contributed by atoms with Crippen LogP contribution < -0.4 is 15.5 Å². The van der Waals surface area contributed by atoms with E-state index in [-0.39, 0.29) is 5.91 Å². The molecule has 0 aliphatic heterocycles. The van der Waals surface area contributed by atoms with Crippen LogP contribution >= 0.6 is 0 Å². The third-order valence-electron chi connectivity index (χ3n) is 3.04. The molecule has 0 aliphatic rings. The molecule has 1 rings (SSSR count). The molecular weight excluding hydrogens is 252 g/mol. The van der Waals surface area contributed by atoms with Crippen LogP contribution in [0.4, 0.5) is 5.82 Å². The van der Waals surface area contributed by atoms with Gasteiger partial charge in [-0.3, -0.25) is 4.79 Å². The Hall–Kier alpha value is -1.62. The Balaban J connectivity index is 2.42. The molecule has 0 spiro atoms. The molecule has 1 heterocycles. The van der Waals surface area contributed by atoms with E-state index in [1.807, 2.05) is 24.2 Å². The van der Waals surface area contributed by atoms with Gasteiger partial charge in [-0.05, 0) is 24.1 Å². The van der Waals surface area contributed by atoms with Crippen molar-refractivity contribution < 1.29 is 4.79 Å². The quantitative estimate of drug-likeness (QED) is 0.755. The zero-order valence-electron chi connectivity index (χ0n) is 12.9. The molecular formula is C15H26N4O. The first-order valence-corrected chi connectivity index (χ1v) is 7.10. The minimum atomic E-state index is 0.0476. The van der Waals surface area contributed by atoms with Crippen LogP contribution in [0.1, 0.15) is 25.8 Å². The number of aromatic nitrogens is 1. The summed E-state index contributed by atoms with van der Waals surface area (Å²) in [4.78, 5) is 17.6. The molecule has 112 valence electrons. The SMILES string of the molecule is CNC(=O)CCN(C)c1ccc(CNCC(C)C)cn1. The van der Waals surface area contributed by atoms with E-state index in [0.717, 1.165) is 18.9 Å². The van der Waals surface area contributed by atoms with Gasteiger partial charge in [0.25, 0.3) is 0 Å². The molecule has 1 amide bonds. The van der Waals surface area contributed by atoms with Crippen LogP contribution in [0.3, 0.4) is 0 Å². The average Bonchev–Trinajstić information content (AvgIpc) is 2.44. The van der Waals surface area contributed by atoms with E-state index in [1.165, 1.54) is 5.56 Å². The maximum absolute atomic E-state index is 11.2. The number of pyridine rings is 1. The van der Waals surface area contributed by atoms with Crippen molar-refractivity contribution in [1.82, 2.24) is 15.6 Å². The van der Waals surface area contributed by atoms with Crippen molar-refractivity contribution in [3.8, 4) is 0 Å². The Bertz CT molecular complexity index is 403. The van der Waals surface area contributed by atoms with E-state index < -0.39 is 0 Å². The molecule has 0 fully saturated rings. The Kier molecular flexibility index (Phi) is 7.01. The van der Waals surface area contributed by atoms with Crippen LogP contribution in [-0.4, -0.2) is 38.1 Å². The molecule has 5 nitrogen and oxygen atoms in total. The van der Waals surface area contributed by atoms with Gasteiger partial charge in [-0.25, -0.2) is 4.98 Å². The molecule has 20 heavy (non-hydrogen) atoms. The second-order valence-electron chi connectivity index (χ2n) is 5.39. The molecule has 0 radical (unpaired) electrons. The standard InChI is InChI=1S/C15H26N4O/c1-12(2)9-17-10-13-5-6-14(18-11-13)19(4)8-7-15(20)16-3/h5-6,11-12,17H,7-10H2,1-4H3,(H,16,20). The summed E-state index contributed by atoms with van der Waals surface area (Å²) in [5, 5.41) is 6.01. The molecule has 0 saturated carbocycles. The summed E-state index contributed by atoms with van der Waals surface area (Å²) in [6.07, 6.45) is 2.37. The average molecular weight is 278 g/mol. The van der Waals surface area contributed by atoms with Crippen molar-refractivity contribution in [3.63, 3.8) is 0 Å². The molecule has 2 N–H and O–H groups in total. The van der Waals surface area contributed by atoms with Crippen molar-refractivity contribution >= 4 is 11.7 Å². The Morgan fingerprint density at radius 3 is 2.70 bits per heavy atom. The van der Waals surface area contributed by atoms with Crippen molar-refractivity contribution in [2.75, 3.05) is 32.1 Å². The number of carbonyl (C=O) groups excluding carboxylic acids is 1. The lowest BCUT2D eigenvalue weighted by molar-refractivity contribution is -0.120. The maximum Gasteiger partial charge on any atom is 0.221 e. The number of nitrogens with zero attached hydrogens (tertiary/aromatic N) is 2. The number of anilines is 1. The Labute approximate surface area is 121 Å². The van der Waals surface area contributed by atoms with Gasteiger partial charge in [-0.1, -0.05) is 19.9 Å². The van der Waals surface area contributed by atoms with Crippen molar-refractivity contribution in [3.05, 3.63) is 23.9 Å². The molecule has 0 saturated heterocycles. The lowest BCUT2D eigenvalue weighted by atomic mass is 10.2. The lowest BCUT2D eigenvalue weighted by Crippen LogP contribution is -2.26. The predicted octanol–water partition coefficient (Wildman–Crippen LogP) is 1.40. The summed E-state index contributed by atoms with van der Waals surface area (Å²) in [7, 11) is 3.60. The normalized spacial score (nSPS) is 10.7. The molecule has 0 aromatic carbocycles. The molecule has 5 heteroatoms. The summed E-state index contributed by atoms with van der Waals surface area (Å²) in [5.41, 5.74) is 1.18. The van der Waals surface area contributed by atoms with Crippen LogP contribution in [0.2, 0.25) is 0 Å². The van der Waals surface area contributed by atoms with Crippen molar-refractivity contribution in [2.24, 2.45) is 5.92 Å². The zero-order valence-corrected chi connectivity index (χ0v) is 12.9. The fourth-order valence-electron chi connectivity index (χ4n) is 1.76. The van der Waals surface area contributed by atoms with E-state index >= 15 is 0 Å². The Morgan fingerprint density at radius 2 is 2.15 bits per heavy atom. The number of nitrogens with one attached hydrogen (secondary N) is 2. The van der Waals surface area contributed by atoms with Gasteiger partial charge in [0.2, 0.25) is 5.91 Å². The van der Waals surface area contributed by atoms with Crippen LogP contribution in [-0.2, 0) is 11.3 Å². The summed E-state index contributed by atoms with van der Waals surface area (Å²) in [5.74, 6) is 1.59. The van der Waals surface area contributed by atoms with Gasteiger partial charge < -0.3 is 15.5 Å². The van der Waals surface area contributed by atoms with Crippen LogP contribution in [0.25, 0.3) is 0 Å². The highest BCUT2D eigenvalue weighted by Crippen LogP contribution is 2.10. The van der Waals surface area contributed by atoms with Gasteiger partial charge in [-0.15, -0.1) is 0 Å². The molecule has 0 bridgehead atoms. The van der Waals surface area contributed by atoms with E-state index in [0.29, 0.717) is 18.9 Å². The molecule has 0 atom stereocenters. The smallest absolute Gasteiger partial charge is 0.221 e. The minimum absolute atomic E-state index is 0.0476. The van der Waals surface area contributed by atoms with Gasteiger partial charge in [0.1, 0.15) is 5.82 Å². The van der Waals surface area contributed by atoms with E-state index in [9.17, 15) is 4.79 Å². The van der Waals surface area contributed by atoms with E-state index in [2.05, 4.69) is 35.5 Å². The van der Waals surface area contributed by atoms with Crippen LogP contribution in [0.15, 0.2) is 18.3 Å². The summed E-state index contributed by atoms with van der Waals surface area (Å²) < 4.78 is 0. The first kappa shape index (κ1) is 16.4. The molecule has 0 aliphatic carbocycles. The van der Waals surface area contributed by atoms with Crippen LogP contribution in [0, 0.1) is 5.92 Å². The Morgan fingerprint density at radius 1 is 1.40 bits per heavy atom. The minimum Gasteiger partial charge on any atom is -0.359 e. The number of hydrogen-bond acceptors (Lipinski definition) is 4. The first-order chi connectivity index (χ1) is 9.52. The van der Waals surface area contributed by atoms with Gasteiger partial charge in [0.15, 0.2) is 0 Å². The highest BCUT2D eigenvalue weighted by atomic mass is 16.1. The fourth-order valence-corrected chi connectivity index (χ4v) is 1.76. The summed E-state index contributed by atoms with van der Waals surface area (Å²) in [6, 6.07) is 4.07. The molecule has 1 aromatic heterocycles. The number of rotatable bonds is 8.